The number of rotatable bonds is 0. The first-order valence-electron chi connectivity index (χ1n) is 8.86. The van der Waals surface area contributed by atoms with Crippen LogP contribution < -0.4 is 0 Å². The predicted molar refractivity (Wildman–Crippen MR) is 86.0 cm³/mol. The van der Waals surface area contributed by atoms with E-state index in [9.17, 15) is 0 Å². The molecule has 0 spiro atoms. The molecule has 4 aliphatic carbocycles. The molecule has 0 aromatic heterocycles. The van der Waals surface area contributed by atoms with E-state index in [0.717, 1.165) is 17.8 Å². The first-order valence-corrected chi connectivity index (χ1v) is 9.30. The number of allylic oxidation sites excluding steroid dienone is 2. The molecule has 0 nitrogen and oxygen atoms in total. The fourth-order valence-corrected chi connectivity index (χ4v) is 6.88. The third-order valence-corrected chi connectivity index (χ3v) is 8.20. The van der Waals surface area contributed by atoms with Crippen LogP contribution in [0, 0.1) is 28.6 Å². The van der Waals surface area contributed by atoms with Crippen LogP contribution in [0.4, 0.5) is 0 Å². The molecule has 6 atom stereocenters. The molecule has 0 saturated heterocycles. The van der Waals surface area contributed by atoms with Crippen LogP contribution in [0.25, 0.3) is 0 Å². The molecule has 6 unspecified atom stereocenters. The topological polar surface area (TPSA) is 0 Å². The van der Waals surface area contributed by atoms with Crippen molar-refractivity contribution in [1.29, 1.82) is 0 Å². The summed E-state index contributed by atoms with van der Waals surface area (Å²) in [6.07, 6.45) is 15.2. The first kappa shape index (κ1) is 13.7. The maximum absolute atomic E-state index is 6.44. The van der Waals surface area contributed by atoms with Gasteiger partial charge in [-0.3, -0.25) is 0 Å². The van der Waals surface area contributed by atoms with Crippen LogP contribution in [-0.4, -0.2) is 5.38 Å². The van der Waals surface area contributed by atoms with E-state index in [2.05, 4.69) is 19.9 Å². The zero-order valence-corrected chi connectivity index (χ0v) is 13.9. The summed E-state index contributed by atoms with van der Waals surface area (Å²) in [5.74, 6) is 2.96. The molecule has 0 bridgehead atoms. The van der Waals surface area contributed by atoms with Crippen molar-refractivity contribution < 1.29 is 0 Å². The van der Waals surface area contributed by atoms with E-state index in [1.807, 2.05) is 0 Å². The molecular formula is C19H29Cl. The second-order valence-corrected chi connectivity index (χ2v) is 9.30. The maximum atomic E-state index is 6.44. The van der Waals surface area contributed by atoms with Crippen molar-refractivity contribution in [3.8, 4) is 0 Å². The summed E-state index contributed by atoms with van der Waals surface area (Å²) in [5.41, 5.74) is 2.91. The molecule has 0 aromatic carbocycles. The highest BCUT2D eigenvalue weighted by molar-refractivity contribution is 6.20. The molecule has 4 aliphatic rings. The zero-order valence-electron chi connectivity index (χ0n) is 13.1. The zero-order chi connectivity index (χ0) is 14.0. The van der Waals surface area contributed by atoms with Gasteiger partial charge in [-0.1, -0.05) is 31.9 Å². The van der Waals surface area contributed by atoms with Gasteiger partial charge in [0.05, 0.1) is 0 Å². The van der Waals surface area contributed by atoms with Gasteiger partial charge in [0.2, 0.25) is 0 Å². The van der Waals surface area contributed by atoms with Gasteiger partial charge in [0, 0.05) is 5.38 Å². The molecule has 3 saturated carbocycles. The summed E-state index contributed by atoms with van der Waals surface area (Å²) in [5, 5.41) is 0.409. The summed E-state index contributed by atoms with van der Waals surface area (Å²) >= 11 is 6.44. The third-order valence-electron chi connectivity index (χ3n) is 7.82. The minimum Gasteiger partial charge on any atom is -0.123 e. The summed E-state index contributed by atoms with van der Waals surface area (Å²) in [7, 11) is 0. The Bertz CT molecular complexity index is 439. The largest absolute Gasteiger partial charge is 0.123 e. The molecule has 4 rings (SSSR count). The van der Waals surface area contributed by atoms with Crippen molar-refractivity contribution in [1.82, 2.24) is 0 Å². The van der Waals surface area contributed by atoms with Crippen LogP contribution in [0.3, 0.4) is 0 Å². The smallest absolute Gasteiger partial charge is 0.0373 e. The van der Waals surface area contributed by atoms with Crippen LogP contribution in [0.1, 0.15) is 71.6 Å². The van der Waals surface area contributed by atoms with E-state index in [-0.39, 0.29) is 0 Å². The Kier molecular flexibility index (Phi) is 3.09. The lowest BCUT2D eigenvalue weighted by atomic mass is 9.48. The predicted octanol–water partition coefficient (Wildman–Crippen LogP) is 5.95. The second kappa shape index (κ2) is 4.51. The minimum absolute atomic E-state index is 0.409. The van der Waals surface area contributed by atoms with Gasteiger partial charge in [0.25, 0.3) is 0 Å². The molecule has 0 heterocycles. The van der Waals surface area contributed by atoms with Crippen molar-refractivity contribution in [2.75, 3.05) is 0 Å². The van der Waals surface area contributed by atoms with Gasteiger partial charge in [0.1, 0.15) is 0 Å². The normalized spacial score (nSPS) is 54.6. The molecule has 0 radical (unpaired) electrons. The van der Waals surface area contributed by atoms with E-state index in [0.29, 0.717) is 16.2 Å². The fraction of sp³-hybridized carbons (Fsp3) is 0.895. The van der Waals surface area contributed by atoms with Crippen LogP contribution in [0.15, 0.2) is 11.6 Å². The van der Waals surface area contributed by atoms with E-state index in [1.54, 1.807) is 5.57 Å². The Balaban J connectivity index is 1.68. The Hall–Kier alpha value is 0.0300. The van der Waals surface area contributed by atoms with Crippen LogP contribution in [0.5, 0.6) is 0 Å². The molecule has 0 aromatic rings. The van der Waals surface area contributed by atoms with Crippen molar-refractivity contribution in [3.05, 3.63) is 11.6 Å². The van der Waals surface area contributed by atoms with E-state index in [4.69, 9.17) is 11.6 Å². The van der Waals surface area contributed by atoms with E-state index in [1.165, 1.54) is 57.8 Å². The Morgan fingerprint density at radius 3 is 2.75 bits per heavy atom. The lowest BCUT2D eigenvalue weighted by molar-refractivity contribution is -0.0245. The number of fused-ring (bicyclic) bond motifs is 5. The van der Waals surface area contributed by atoms with Crippen LogP contribution >= 0.6 is 11.6 Å². The molecular weight excluding hydrogens is 264 g/mol. The van der Waals surface area contributed by atoms with Crippen molar-refractivity contribution >= 4 is 11.6 Å². The number of hydrogen-bond donors (Lipinski definition) is 0. The quantitative estimate of drug-likeness (QED) is 0.382. The van der Waals surface area contributed by atoms with Gasteiger partial charge < -0.3 is 0 Å². The maximum Gasteiger partial charge on any atom is 0.0373 e. The molecule has 112 valence electrons. The average Bonchev–Trinajstić information content (AvgIpc) is 2.81. The molecule has 20 heavy (non-hydrogen) atoms. The molecule has 0 amide bonds. The highest BCUT2D eigenvalue weighted by Crippen LogP contribution is 2.64. The first-order chi connectivity index (χ1) is 9.53. The van der Waals surface area contributed by atoms with Gasteiger partial charge in [0.15, 0.2) is 0 Å². The van der Waals surface area contributed by atoms with Crippen LogP contribution in [0.2, 0.25) is 0 Å². The van der Waals surface area contributed by atoms with E-state index < -0.39 is 0 Å². The molecule has 0 aliphatic heterocycles. The number of alkyl halides is 1. The monoisotopic (exact) mass is 292 g/mol. The lowest BCUT2D eigenvalue weighted by Gasteiger charge is -2.57. The summed E-state index contributed by atoms with van der Waals surface area (Å²) in [4.78, 5) is 0. The second-order valence-electron chi connectivity index (χ2n) is 8.68. The summed E-state index contributed by atoms with van der Waals surface area (Å²) in [6.45, 7) is 5.17. The molecule has 1 heteroatoms. The lowest BCUT2D eigenvalue weighted by Crippen LogP contribution is -2.48. The van der Waals surface area contributed by atoms with Gasteiger partial charge in [-0.15, -0.1) is 11.6 Å². The van der Waals surface area contributed by atoms with E-state index >= 15 is 0 Å². The highest BCUT2D eigenvalue weighted by atomic mass is 35.5. The Morgan fingerprint density at radius 2 is 1.90 bits per heavy atom. The van der Waals surface area contributed by atoms with Crippen molar-refractivity contribution in [3.63, 3.8) is 0 Å². The Labute approximate surface area is 129 Å². The third kappa shape index (κ3) is 1.79. The van der Waals surface area contributed by atoms with Crippen molar-refractivity contribution in [2.45, 2.75) is 77.0 Å². The Morgan fingerprint density at radius 1 is 1.05 bits per heavy atom. The van der Waals surface area contributed by atoms with Gasteiger partial charge in [-0.2, -0.15) is 0 Å². The van der Waals surface area contributed by atoms with Crippen LogP contribution in [-0.2, 0) is 0 Å². The highest BCUT2D eigenvalue weighted by Gasteiger charge is 2.55. The minimum atomic E-state index is 0.409. The van der Waals surface area contributed by atoms with Gasteiger partial charge in [-0.25, -0.2) is 0 Å². The summed E-state index contributed by atoms with van der Waals surface area (Å²) in [6, 6.07) is 0. The van der Waals surface area contributed by atoms with Gasteiger partial charge >= 0.3 is 0 Å². The fourth-order valence-electron chi connectivity index (χ4n) is 6.61. The standard InChI is InChI=1S/C19H29Cl/c1-18-9-3-4-16(18)15-6-5-13-12-14(20)7-11-19(13,2)17(15)8-10-18/h5,14-17H,3-4,6-12H2,1-2H3. The average molecular weight is 293 g/mol. The van der Waals surface area contributed by atoms with Gasteiger partial charge in [-0.05, 0) is 80.0 Å². The molecule has 3 fully saturated rings. The number of halogens is 1. The SMILES string of the molecule is CC12CCCC1C1CC=C3CC(Cl)CCC3(C)C1CC2. The summed E-state index contributed by atoms with van der Waals surface area (Å²) < 4.78 is 0. The number of hydrogen-bond acceptors (Lipinski definition) is 0. The van der Waals surface area contributed by atoms with Crippen molar-refractivity contribution in [2.24, 2.45) is 28.6 Å². The molecule has 0 N–H and O–H groups in total.